The van der Waals surface area contributed by atoms with E-state index in [1.54, 1.807) is 16.1 Å². The lowest BCUT2D eigenvalue weighted by molar-refractivity contribution is -0.112. The molecule has 1 N–H and O–H groups in total. The van der Waals surface area contributed by atoms with Gasteiger partial charge in [0.15, 0.2) is 0 Å². The van der Waals surface area contributed by atoms with Crippen LogP contribution in [0.4, 0.5) is 5.82 Å². The Labute approximate surface area is 155 Å². The highest BCUT2D eigenvalue weighted by molar-refractivity contribution is 7.09. The van der Waals surface area contributed by atoms with Gasteiger partial charge in [0.05, 0.1) is 22.1 Å². The van der Waals surface area contributed by atoms with E-state index >= 15 is 0 Å². The molecule has 130 valence electrons. The molecule has 1 amide bonds. The minimum Gasteiger partial charge on any atom is -0.306 e. The summed E-state index contributed by atoms with van der Waals surface area (Å²) in [5, 5.41) is 19.2. The molecule has 0 saturated heterocycles. The zero-order valence-corrected chi connectivity index (χ0v) is 15.5. The number of thiazole rings is 1. The molecule has 0 spiro atoms. The minimum absolute atomic E-state index is 0.00962. The van der Waals surface area contributed by atoms with Gasteiger partial charge in [-0.25, -0.2) is 9.67 Å². The molecule has 26 heavy (non-hydrogen) atoms. The van der Waals surface area contributed by atoms with Gasteiger partial charge in [-0.2, -0.15) is 10.4 Å². The van der Waals surface area contributed by atoms with Crippen molar-refractivity contribution in [2.45, 2.75) is 20.8 Å². The number of rotatable bonds is 4. The van der Waals surface area contributed by atoms with E-state index in [4.69, 9.17) is 0 Å². The normalized spacial score (nSPS) is 11.2. The molecule has 0 aliphatic heterocycles. The third kappa shape index (κ3) is 3.87. The summed E-state index contributed by atoms with van der Waals surface area (Å²) in [7, 11) is 0. The molecule has 0 aliphatic rings. The Morgan fingerprint density at radius 1 is 1.27 bits per heavy atom. The van der Waals surface area contributed by atoms with Gasteiger partial charge < -0.3 is 5.32 Å². The fourth-order valence-corrected chi connectivity index (χ4v) is 2.97. The summed E-state index contributed by atoms with van der Waals surface area (Å²) in [6.45, 7) is 5.72. The molecule has 3 rings (SSSR count). The summed E-state index contributed by atoms with van der Waals surface area (Å²) in [6, 6.07) is 11.5. The van der Waals surface area contributed by atoms with Gasteiger partial charge in [-0.1, -0.05) is 17.7 Å². The van der Waals surface area contributed by atoms with Crippen LogP contribution in [0.1, 0.15) is 22.0 Å². The van der Waals surface area contributed by atoms with Crippen LogP contribution in [0.2, 0.25) is 0 Å². The second kappa shape index (κ2) is 7.33. The van der Waals surface area contributed by atoms with Crippen LogP contribution in [0.25, 0.3) is 11.8 Å². The maximum atomic E-state index is 12.5. The van der Waals surface area contributed by atoms with Crippen LogP contribution in [0.5, 0.6) is 0 Å². The van der Waals surface area contributed by atoms with Gasteiger partial charge in [-0.15, -0.1) is 11.3 Å². The molecular formula is C19H17N5OS. The zero-order valence-electron chi connectivity index (χ0n) is 14.6. The maximum absolute atomic E-state index is 12.5. The molecule has 0 atom stereocenters. The number of nitrogens with zero attached hydrogens (tertiary/aromatic N) is 4. The number of anilines is 1. The van der Waals surface area contributed by atoms with Gasteiger partial charge in [0.1, 0.15) is 17.5 Å². The summed E-state index contributed by atoms with van der Waals surface area (Å²) < 4.78 is 1.65. The van der Waals surface area contributed by atoms with Crippen molar-refractivity contribution in [1.29, 1.82) is 5.26 Å². The Bertz CT molecular complexity index is 1020. The van der Waals surface area contributed by atoms with Gasteiger partial charge in [-0.05, 0) is 39.0 Å². The molecule has 0 saturated carbocycles. The maximum Gasteiger partial charge on any atom is 0.267 e. The summed E-state index contributed by atoms with van der Waals surface area (Å²) in [4.78, 5) is 16.8. The Kier molecular flexibility index (Phi) is 4.96. The van der Waals surface area contributed by atoms with E-state index in [0.29, 0.717) is 11.5 Å². The minimum atomic E-state index is -0.494. The lowest BCUT2D eigenvalue weighted by Gasteiger charge is -2.08. The first-order valence-corrected chi connectivity index (χ1v) is 8.83. The third-order valence-corrected chi connectivity index (χ3v) is 4.44. The molecule has 6 nitrogen and oxygen atoms in total. The van der Waals surface area contributed by atoms with Crippen LogP contribution in [0.3, 0.4) is 0 Å². The van der Waals surface area contributed by atoms with Crippen molar-refractivity contribution in [2.75, 3.05) is 5.32 Å². The number of carbonyl (C=O) groups excluding carboxylic acids is 1. The van der Waals surface area contributed by atoms with Crippen molar-refractivity contribution in [1.82, 2.24) is 14.8 Å². The number of amides is 1. The first-order valence-electron chi connectivity index (χ1n) is 7.95. The van der Waals surface area contributed by atoms with Crippen molar-refractivity contribution < 1.29 is 4.79 Å². The lowest BCUT2D eigenvalue weighted by atomic mass is 10.2. The van der Waals surface area contributed by atoms with E-state index in [0.717, 1.165) is 22.0 Å². The van der Waals surface area contributed by atoms with Crippen LogP contribution in [0, 0.1) is 32.1 Å². The van der Waals surface area contributed by atoms with Crippen molar-refractivity contribution in [3.05, 3.63) is 63.2 Å². The molecule has 2 heterocycles. The first kappa shape index (κ1) is 17.6. The highest BCUT2D eigenvalue weighted by Crippen LogP contribution is 2.19. The highest BCUT2D eigenvalue weighted by atomic mass is 32.1. The van der Waals surface area contributed by atoms with Crippen molar-refractivity contribution in [3.63, 3.8) is 0 Å². The van der Waals surface area contributed by atoms with E-state index in [1.807, 2.05) is 51.1 Å². The highest BCUT2D eigenvalue weighted by Gasteiger charge is 2.15. The summed E-state index contributed by atoms with van der Waals surface area (Å²) in [5.41, 5.74) is 3.32. The Hall–Kier alpha value is -3.24. The molecule has 2 aromatic heterocycles. The van der Waals surface area contributed by atoms with Gasteiger partial charge in [0.25, 0.3) is 5.91 Å². The van der Waals surface area contributed by atoms with Gasteiger partial charge in [-0.3, -0.25) is 4.79 Å². The predicted molar refractivity (Wildman–Crippen MR) is 102 cm³/mol. The molecule has 7 heteroatoms. The number of benzene rings is 1. The van der Waals surface area contributed by atoms with Gasteiger partial charge in [0, 0.05) is 11.4 Å². The molecule has 0 fully saturated rings. The quantitative estimate of drug-likeness (QED) is 0.564. The van der Waals surface area contributed by atoms with Crippen LogP contribution >= 0.6 is 11.3 Å². The molecule has 0 radical (unpaired) electrons. The Morgan fingerprint density at radius 2 is 2.00 bits per heavy atom. The van der Waals surface area contributed by atoms with Crippen LogP contribution in [0.15, 0.2) is 41.3 Å². The number of hydrogen-bond donors (Lipinski definition) is 1. The van der Waals surface area contributed by atoms with Crippen molar-refractivity contribution in [2.24, 2.45) is 0 Å². The van der Waals surface area contributed by atoms with E-state index in [1.165, 1.54) is 17.4 Å². The molecule has 3 aromatic rings. The largest absolute Gasteiger partial charge is 0.306 e. The monoisotopic (exact) mass is 363 g/mol. The first-order chi connectivity index (χ1) is 12.5. The molecular weight excluding hydrogens is 346 g/mol. The van der Waals surface area contributed by atoms with Gasteiger partial charge in [0.2, 0.25) is 0 Å². The molecule has 0 unspecified atom stereocenters. The van der Waals surface area contributed by atoms with Crippen LogP contribution in [-0.4, -0.2) is 20.7 Å². The number of nitrogens with one attached hydrogen (secondary N) is 1. The second-order valence-electron chi connectivity index (χ2n) is 5.83. The number of nitriles is 1. The fraction of sp³-hybridized carbons (Fsp3) is 0.158. The average Bonchev–Trinajstić information content (AvgIpc) is 3.18. The van der Waals surface area contributed by atoms with Crippen LogP contribution < -0.4 is 5.32 Å². The molecule has 0 aliphatic carbocycles. The number of hydrogen-bond acceptors (Lipinski definition) is 5. The average molecular weight is 363 g/mol. The standard InChI is InChI=1S/C19H17N5OS/c1-12-4-6-17(7-5-12)24-18(8-13(2)23-24)22-19(25)15(10-20)9-16-11-26-14(3)21-16/h4-9,11H,1-3H3,(H,22,25)/b15-9+. The van der Waals surface area contributed by atoms with E-state index < -0.39 is 5.91 Å². The number of aromatic nitrogens is 3. The summed E-state index contributed by atoms with van der Waals surface area (Å²) in [6.07, 6.45) is 1.48. The molecule has 1 aromatic carbocycles. The number of carbonyl (C=O) groups is 1. The zero-order chi connectivity index (χ0) is 18.7. The summed E-state index contributed by atoms with van der Waals surface area (Å²) in [5.74, 6) is 0.0124. The van der Waals surface area contributed by atoms with Crippen molar-refractivity contribution in [3.8, 4) is 11.8 Å². The van der Waals surface area contributed by atoms with Crippen molar-refractivity contribution >= 4 is 29.1 Å². The SMILES string of the molecule is Cc1ccc(-n2nc(C)cc2NC(=O)/C(C#N)=C/c2csc(C)n2)cc1. The van der Waals surface area contributed by atoms with E-state index in [-0.39, 0.29) is 5.57 Å². The van der Waals surface area contributed by atoms with Crippen LogP contribution in [-0.2, 0) is 4.79 Å². The number of aryl methyl sites for hydroxylation is 3. The fourth-order valence-electron chi connectivity index (χ4n) is 2.40. The Balaban J connectivity index is 1.88. The summed E-state index contributed by atoms with van der Waals surface area (Å²) >= 11 is 1.47. The topological polar surface area (TPSA) is 83.6 Å². The van der Waals surface area contributed by atoms with Gasteiger partial charge >= 0.3 is 0 Å². The lowest BCUT2D eigenvalue weighted by Crippen LogP contribution is -2.16. The molecule has 0 bridgehead atoms. The van der Waals surface area contributed by atoms with E-state index in [2.05, 4.69) is 15.4 Å². The second-order valence-corrected chi connectivity index (χ2v) is 6.90. The Morgan fingerprint density at radius 3 is 2.62 bits per heavy atom. The predicted octanol–water partition coefficient (Wildman–Crippen LogP) is 3.80. The smallest absolute Gasteiger partial charge is 0.267 e. The van der Waals surface area contributed by atoms with E-state index in [9.17, 15) is 10.1 Å². The third-order valence-electron chi connectivity index (χ3n) is 3.65.